The van der Waals surface area contributed by atoms with Crippen LogP contribution in [0.4, 0.5) is 11.5 Å². The van der Waals surface area contributed by atoms with Crippen molar-refractivity contribution in [2.24, 2.45) is 0 Å². The molecule has 0 aliphatic carbocycles. The highest BCUT2D eigenvalue weighted by molar-refractivity contribution is 7.92. The topological polar surface area (TPSA) is 98.8 Å². The van der Waals surface area contributed by atoms with Crippen LogP contribution in [-0.2, 0) is 14.8 Å². The van der Waals surface area contributed by atoms with Crippen molar-refractivity contribution < 1.29 is 22.6 Å². The molecule has 2 N–H and O–H groups in total. The molecule has 0 saturated carbocycles. The number of hydrogen-bond acceptors (Lipinski definition) is 7. The summed E-state index contributed by atoms with van der Waals surface area (Å²) in [5.41, 5.74) is 0.809. The Hall–Kier alpha value is -2.52. The molecule has 1 aromatic carbocycles. The van der Waals surface area contributed by atoms with Crippen LogP contribution >= 0.6 is 0 Å². The fourth-order valence-corrected chi connectivity index (χ4v) is 3.42. The van der Waals surface area contributed by atoms with Gasteiger partial charge in [-0.2, -0.15) is 0 Å². The Balaban J connectivity index is 1.65. The SMILES string of the molecule is COCCCNc1ccc(NS(=O)(=O)c2ccc3c(c2)OCCO3)nc1. The van der Waals surface area contributed by atoms with Crippen molar-refractivity contribution in [2.75, 3.05) is 43.5 Å². The summed E-state index contributed by atoms with van der Waals surface area (Å²) in [6, 6.07) is 7.88. The Morgan fingerprint density at radius 3 is 2.69 bits per heavy atom. The van der Waals surface area contributed by atoms with Crippen LogP contribution in [0, 0.1) is 0 Å². The molecule has 0 bridgehead atoms. The zero-order valence-electron chi connectivity index (χ0n) is 14.4. The molecule has 1 aliphatic rings. The van der Waals surface area contributed by atoms with Crippen molar-refractivity contribution in [3.05, 3.63) is 36.5 Å². The van der Waals surface area contributed by atoms with Gasteiger partial charge in [0.05, 0.1) is 16.8 Å². The van der Waals surface area contributed by atoms with E-state index in [0.717, 1.165) is 18.7 Å². The molecule has 26 heavy (non-hydrogen) atoms. The normalized spacial score (nSPS) is 13.3. The first kappa shape index (κ1) is 18.3. The van der Waals surface area contributed by atoms with Gasteiger partial charge in [-0.05, 0) is 30.7 Å². The third-order valence-electron chi connectivity index (χ3n) is 3.68. The monoisotopic (exact) mass is 379 g/mol. The number of fused-ring (bicyclic) bond motifs is 1. The van der Waals surface area contributed by atoms with Crippen molar-refractivity contribution in [1.29, 1.82) is 0 Å². The Labute approximate surface area is 152 Å². The van der Waals surface area contributed by atoms with E-state index in [1.807, 2.05) is 0 Å². The molecule has 9 heteroatoms. The highest BCUT2D eigenvalue weighted by Gasteiger charge is 2.19. The molecule has 3 rings (SSSR count). The van der Waals surface area contributed by atoms with Gasteiger partial charge in [-0.1, -0.05) is 0 Å². The minimum atomic E-state index is -3.77. The Bertz CT molecular complexity index is 840. The number of anilines is 2. The molecule has 2 aromatic rings. The standard InChI is InChI=1S/C17H21N3O5S/c1-23-8-2-7-18-13-3-6-17(19-12-13)20-26(21,22)14-4-5-15-16(11-14)25-10-9-24-15/h3-6,11-12,18H,2,7-10H2,1H3,(H,19,20). The number of aromatic nitrogens is 1. The van der Waals surface area contributed by atoms with Crippen molar-refractivity contribution in [1.82, 2.24) is 4.98 Å². The number of ether oxygens (including phenoxy) is 3. The quantitative estimate of drug-likeness (QED) is 0.678. The van der Waals surface area contributed by atoms with Crippen LogP contribution in [0.2, 0.25) is 0 Å². The second-order valence-corrected chi connectivity index (χ2v) is 7.30. The molecular weight excluding hydrogens is 358 g/mol. The van der Waals surface area contributed by atoms with E-state index >= 15 is 0 Å². The van der Waals surface area contributed by atoms with Gasteiger partial charge in [0.1, 0.15) is 19.0 Å². The summed E-state index contributed by atoms with van der Waals surface area (Å²) in [5.74, 6) is 1.20. The van der Waals surface area contributed by atoms with E-state index in [2.05, 4.69) is 15.0 Å². The van der Waals surface area contributed by atoms with E-state index in [0.29, 0.717) is 31.3 Å². The van der Waals surface area contributed by atoms with Gasteiger partial charge in [0.2, 0.25) is 0 Å². The third kappa shape index (κ3) is 4.55. The highest BCUT2D eigenvalue weighted by Crippen LogP contribution is 2.32. The van der Waals surface area contributed by atoms with Gasteiger partial charge in [0, 0.05) is 26.3 Å². The number of benzene rings is 1. The number of rotatable bonds is 8. The summed E-state index contributed by atoms with van der Waals surface area (Å²) in [5, 5.41) is 3.19. The van der Waals surface area contributed by atoms with Gasteiger partial charge in [-0.15, -0.1) is 0 Å². The Morgan fingerprint density at radius 2 is 1.96 bits per heavy atom. The first-order valence-corrected chi connectivity index (χ1v) is 9.68. The summed E-state index contributed by atoms with van der Waals surface area (Å²) in [6.45, 7) is 2.27. The number of sulfonamides is 1. The maximum absolute atomic E-state index is 12.5. The Morgan fingerprint density at radius 1 is 1.15 bits per heavy atom. The largest absolute Gasteiger partial charge is 0.486 e. The number of pyridine rings is 1. The summed E-state index contributed by atoms with van der Waals surface area (Å²) in [6.07, 6.45) is 2.45. The van der Waals surface area contributed by atoms with Crippen LogP contribution in [0.25, 0.3) is 0 Å². The maximum Gasteiger partial charge on any atom is 0.263 e. The molecule has 0 atom stereocenters. The maximum atomic E-state index is 12.5. The van der Waals surface area contributed by atoms with Gasteiger partial charge in [0.25, 0.3) is 10.0 Å². The number of hydrogen-bond donors (Lipinski definition) is 2. The van der Waals surface area contributed by atoms with Crippen LogP contribution < -0.4 is 19.5 Å². The molecule has 0 saturated heterocycles. The van der Waals surface area contributed by atoms with Crippen LogP contribution in [0.15, 0.2) is 41.4 Å². The summed E-state index contributed by atoms with van der Waals surface area (Å²) < 4.78 is 43.4. The molecule has 2 heterocycles. The third-order valence-corrected chi connectivity index (χ3v) is 5.03. The molecule has 8 nitrogen and oxygen atoms in total. The molecule has 0 unspecified atom stereocenters. The Kier molecular flexibility index (Phi) is 5.79. The molecular formula is C17H21N3O5S. The van der Waals surface area contributed by atoms with E-state index in [9.17, 15) is 8.42 Å². The van der Waals surface area contributed by atoms with Gasteiger partial charge in [0.15, 0.2) is 11.5 Å². The van der Waals surface area contributed by atoms with Gasteiger partial charge < -0.3 is 19.5 Å². The fraction of sp³-hybridized carbons (Fsp3) is 0.353. The molecule has 0 amide bonds. The number of nitrogens with zero attached hydrogens (tertiary/aromatic N) is 1. The lowest BCUT2D eigenvalue weighted by Crippen LogP contribution is -2.17. The first-order chi connectivity index (χ1) is 12.6. The molecule has 1 aliphatic heterocycles. The van der Waals surface area contributed by atoms with Crippen LogP contribution in [0.5, 0.6) is 11.5 Å². The van der Waals surface area contributed by atoms with E-state index in [1.165, 1.54) is 12.1 Å². The summed E-state index contributed by atoms with van der Waals surface area (Å²) >= 11 is 0. The number of nitrogens with one attached hydrogen (secondary N) is 2. The second kappa shape index (κ2) is 8.24. The lowest BCUT2D eigenvalue weighted by molar-refractivity contribution is 0.171. The van der Waals surface area contributed by atoms with Gasteiger partial charge in [-0.3, -0.25) is 4.72 Å². The van der Waals surface area contributed by atoms with Crippen LogP contribution in [-0.4, -0.2) is 46.9 Å². The zero-order valence-corrected chi connectivity index (χ0v) is 15.2. The van der Waals surface area contributed by atoms with E-state index in [4.69, 9.17) is 14.2 Å². The van der Waals surface area contributed by atoms with Crippen LogP contribution in [0.1, 0.15) is 6.42 Å². The second-order valence-electron chi connectivity index (χ2n) is 5.62. The molecule has 0 spiro atoms. The van der Waals surface area contributed by atoms with E-state index < -0.39 is 10.0 Å². The smallest absolute Gasteiger partial charge is 0.263 e. The minimum Gasteiger partial charge on any atom is -0.486 e. The summed E-state index contributed by atoms with van der Waals surface area (Å²) in [4.78, 5) is 4.22. The predicted molar refractivity (Wildman–Crippen MR) is 97.5 cm³/mol. The highest BCUT2D eigenvalue weighted by atomic mass is 32.2. The molecule has 0 fully saturated rings. The molecule has 140 valence electrons. The van der Waals surface area contributed by atoms with Crippen LogP contribution in [0.3, 0.4) is 0 Å². The van der Waals surface area contributed by atoms with E-state index in [-0.39, 0.29) is 10.7 Å². The van der Waals surface area contributed by atoms with Gasteiger partial charge in [-0.25, -0.2) is 13.4 Å². The van der Waals surface area contributed by atoms with E-state index in [1.54, 1.807) is 31.5 Å². The minimum absolute atomic E-state index is 0.0883. The average molecular weight is 379 g/mol. The average Bonchev–Trinajstić information content (AvgIpc) is 2.66. The van der Waals surface area contributed by atoms with Crippen molar-refractivity contribution >= 4 is 21.5 Å². The van der Waals surface area contributed by atoms with Crippen molar-refractivity contribution in [3.8, 4) is 11.5 Å². The fourth-order valence-electron chi connectivity index (χ4n) is 2.40. The molecule has 0 radical (unpaired) electrons. The summed E-state index contributed by atoms with van der Waals surface area (Å²) in [7, 11) is -2.11. The van der Waals surface area contributed by atoms with Gasteiger partial charge >= 0.3 is 0 Å². The zero-order chi connectivity index (χ0) is 18.4. The lowest BCUT2D eigenvalue weighted by Gasteiger charge is -2.19. The number of methoxy groups -OCH3 is 1. The first-order valence-electron chi connectivity index (χ1n) is 8.20. The van der Waals surface area contributed by atoms with Crippen molar-refractivity contribution in [2.45, 2.75) is 11.3 Å². The molecule has 1 aromatic heterocycles. The lowest BCUT2D eigenvalue weighted by atomic mass is 10.3. The predicted octanol–water partition coefficient (Wildman–Crippen LogP) is 2.10. The van der Waals surface area contributed by atoms with Crippen molar-refractivity contribution in [3.63, 3.8) is 0 Å².